The van der Waals surface area contributed by atoms with Crippen LogP contribution in [0.15, 0.2) is 42.8 Å². The van der Waals surface area contributed by atoms with Gasteiger partial charge in [-0.1, -0.05) is 44.6 Å². The minimum absolute atomic E-state index is 0.249. The van der Waals surface area contributed by atoms with Gasteiger partial charge in [-0.05, 0) is 30.0 Å². The molecule has 108 valence electrons. The van der Waals surface area contributed by atoms with Crippen molar-refractivity contribution >= 4 is 5.91 Å². The fraction of sp³-hybridized carbons (Fsp3) is 0.412. The van der Waals surface area contributed by atoms with Gasteiger partial charge in [-0.25, -0.2) is 0 Å². The van der Waals surface area contributed by atoms with Gasteiger partial charge >= 0.3 is 0 Å². The van der Waals surface area contributed by atoms with E-state index in [1.165, 1.54) is 0 Å². The van der Waals surface area contributed by atoms with Crippen LogP contribution in [0.25, 0.3) is 0 Å². The van der Waals surface area contributed by atoms with Crippen molar-refractivity contribution in [3.8, 4) is 0 Å². The summed E-state index contributed by atoms with van der Waals surface area (Å²) in [6, 6.07) is 1.98. The Hall–Kier alpha value is -1.90. The van der Waals surface area contributed by atoms with Crippen LogP contribution in [0, 0.1) is 0 Å². The Balaban J connectivity index is 2.86. The zero-order valence-corrected chi connectivity index (χ0v) is 12.4. The molecule has 1 aromatic heterocycles. The van der Waals surface area contributed by atoms with Gasteiger partial charge in [0, 0.05) is 18.3 Å². The smallest absolute Gasteiger partial charge is 0.221 e. The molecule has 0 fully saturated rings. The summed E-state index contributed by atoms with van der Waals surface area (Å²) in [5.74, 6) is -0.0282. The van der Waals surface area contributed by atoms with Crippen LogP contribution in [0.3, 0.4) is 0 Å². The second kappa shape index (κ2) is 9.08. The molecule has 1 unspecified atom stereocenters. The molecule has 0 radical (unpaired) electrons. The lowest BCUT2D eigenvalue weighted by atomic mass is 9.91. The molecule has 3 heteroatoms. The fourth-order valence-corrected chi connectivity index (χ4v) is 2.13. The van der Waals surface area contributed by atoms with Crippen molar-refractivity contribution in [1.82, 2.24) is 4.98 Å². The SMILES string of the molecule is CCCC=CC=CC(CC)c1ccncc1CC(N)=O. The number of nitrogens with zero attached hydrogens (tertiary/aromatic N) is 1. The average molecular weight is 272 g/mol. The molecule has 3 nitrogen and oxygen atoms in total. The molecule has 1 amide bonds. The highest BCUT2D eigenvalue weighted by atomic mass is 16.1. The number of unbranched alkanes of at least 4 members (excludes halogenated alkanes) is 1. The third-order valence-corrected chi connectivity index (χ3v) is 3.19. The standard InChI is InChI=1S/C17H24N2O/c1-3-5-6-7-8-9-14(4-2)16-10-11-19-13-15(16)12-17(18)20/h6-11,13-14H,3-5,12H2,1-2H3,(H2,18,20). The van der Waals surface area contributed by atoms with Crippen LogP contribution in [-0.2, 0) is 11.2 Å². The lowest BCUT2D eigenvalue weighted by Crippen LogP contribution is -2.15. The molecule has 2 N–H and O–H groups in total. The molecule has 0 aliphatic carbocycles. The van der Waals surface area contributed by atoms with E-state index in [4.69, 9.17) is 5.73 Å². The van der Waals surface area contributed by atoms with Crippen LogP contribution in [0.2, 0.25) is 0 Å². The van der Waals surface area contributed by atoms with Crippen molar-refractivity contribution in [2.45, 2.75) is 45.4 Å². The Kier molecular flexibility index (Phi) is 7.33. The van der Waals surface area contributed by atoms with E-state index in [9.17, 15) is 4.79 Å². The third-order valence-electron chi connectivity index (χ3n) is 3.19. The van der Waals surface area contributed by atoms with E-state index in [0.29, 0.717) is 5.92 Å². The normalized spacial score (nSPS) is 13.1. The first-order valence-electron chi connectivity index (χ1n) is 7.23. The van der Waals surface area contributed by atoms with Crippen molar-refractivity contribution in [3.63, 3.8) is 0 Å². The zero-order valence-electron chi connectivity index (χ0n) is 12.4. The van der Waals surface area contributed by atoms with Gasteiger partial charge in [-0.15, -0.1) is 0 Å². The summed E-state index contributed by atoms with van der Waals surface area (Å²) in [6.45, 7) is 4.30. The Morgan fingerprint density at radius 2 is 2.20 bits per heavy atom. The minimum Gasteiger partial charge on any atom is -0.369 e. The fourth-order valence-electron chi connectivity index (χ4n) is 2.13. The summed E-state index contributed by atoms with van der Waals surface area (Å²) in [5.41, 5.74) is 7.36. The summed E-state index contributed by atoms with van der Waals surface area (Å²) in [5, 5.41) is 0. The monoisotopic (exact) mass is 272 g/mol. The van der Waals surface area contributed by atoms with Gasteiger partial charge in [0.15, 0.2) is 0 Å². The quantitative estimate of drug-likeness (QED) is 0.736. The highest BCUT2D eigenvalue weighted by Gasteiger charge is 2.12. The number of nitrogens with two attached hydrogens (primary N) is 1. The predicted octanol–water partition coefficient (Wildman–Crippen LogP) is 3.52. The van der Waals surface area contributed by atoms with Gasteiger partial charge in [0.05, 0.1) is 6.42 Å². The molecule has 20 heavy (non-hydrogen) atoms. The third kappa shape index (κ3) is 5.39. The van der Waals surface area contributed by atoms with E-state index in [-0.39, 0.29) is 12.3 Å². The second-order valence-corrected chi connectivity index (χ2v) is 4.83. The molecule has 1 atom stereocenters. The summed E-state index contributed by atoms with van der Waals surface area (Å²) in [7, 11) is 0. The van der Waals surface area contributed by atoms with Crippen LogP contribution in [-0.4, -0.2) is 10.9 Å². The molecule has 0 aliphatic rings. The maximum atomic E-state index is 11.1. The van der Waals surface area contributed by atoms with Gasteiger partial charge in [-0.3, -0.25) is 9.78 Å². The topological polar surface area (TPSA) is 56.0 Å². The molecule has 0 aliphatic heterocycles. The van der Waals surface area contributed by atoms with Gasteiger partial charge in [0.1, 0.15) is 0 Å². The molecule has 0 spiro atoms. The first kappa shape index (κ1) is 16.2. The largest absolute Gasteiger partial charge is 0.369 e. The molecule has 0 saturated heterocycles. The Labute approximate surface area is 121 Å². The van der Waals surface area contributed by atoms with Gasteiger partial charge in [0.2, 0.25) is 5.91 Å². The maximum Gasteiger partial charge on any atom is 0.221 e. The molecule has 0 saturated carbocycles. The van der Waals surface area contributed by atoms with Crippen molar-refractivity contribution in [3.05, 3.63) is 53.9 Å². The number of allylic oxidation sites excluding steroid dienone is 4. The van der Waals surface area contributed by atoms with E-state index in [2.05, 4.69) is 43.1 Å². The van der Waals surface area contributed by atoms with Crippen molar-refractivity contribution in [2.24, 2.45) is 5.73 Å². The predicted molar refractivity (Wildman–Crippen MR) is 83.4 cm³/mol. The lowest BCUT2D eigenvalue weighted by molar-refractivity contribution is -0.117. The lowest BCUT2D eigenvalue weighted by Gasteiger charge is -2.14. The summed E-state index contributed by atoms with van der Waals surface area (Å²) >= 11 is 0. The Morgan fingerprint density at radius 1 is 1.40 bits per heavy atom. The molecule has 1 rings (SSSR count). The number of hydrogen-bond donors (Lipinski definition) is 1. The van der Waals surface area contributed by atoms with Crippen LogP contribution in [0.4, 0.5) is 0 Å². The number of aromatic nitrogens is 1. The average Bonchev–Trinajstić information content (AvgIpc) is 2.43. The summed E-state index contributed by atoms with van der Waals surface area (Å²) in [4.78, 5) is 15.2. The second-order valence-electron chi connectivity index (χ2n) is 4.83. The first-order chi connectivity index (χ1) is 9.69. The minimum atomic E-state index is -0.319. The van der Waals surface area contributed by atoms with E-state index in [1.54, 1.807) is 12.4 Å². The number of primary amides is 1. The van der Waals surface area contributed by atoms with Crippen LogP contribution in [0.5, 0.6) is 0 Å². The molecule has 1 aromatic rings. The van der Waals surface area contributed by atoms with Crippen molar-refractivity contribution in [2.75, 3.05) is 0 Å². The van der Waals surface area contributed by atoms with Crippen molar-refractivity contribution in [1.29, 1.82) is 0 Å². The highest BCUT2D eigenvalue weighted by molar-refractivity contribution is 5.77. The van der Waals surface area contributed by atoms with Crippen LogP contribution in [0.1, 0.15) is 50.2 Å². The van der Waals surface area contributed by atoms with E-state index >= 15 is 0 Å². The highest BCUT2D eigenvalue weighted by Crippen LogP contribution is 2.24. The summed E-state index contributed by atoms with van der Waals surface area (Å²) in [6.07, 6.45) is 15.5. The zero-order chi connectivity index (χ0) is 14.8. The van der Waals surface area contributed by atoms with E-state index in [0.717, 1.165) is 30.4 Å². The number of carbonyl (C=O) groups excluding carboxylic acids is 1. The first-order valence-corrected chi connectivity index (χ1v) is 7.23. The van der Waals surface area contributed by atoms with Crippen LogP contribution < -0.4 is 5.73 Å². The summed E-state index contributed by atoms with van der Waals surface area (Å²) < 4.78 is 0. The van der Waals surface area contributed by atoms with Crippen LogP contribution >= 0.6 is 0 Å². The van der Waals surface area contributed by atoms with Gasteiger partial charge in [-0.2, -0.15) is 0 Å². The van der Waals surface area contributed by atoms with E-state index < -0.39 is 0 Å². The molecular formula is C17H24N2O. The number of amides is 1. The van der Waals surface area contributed by atoms with Gasteiger partial charge < -0.3 is 5.73 Å². The number of rotatable bonds is 8. The Bertz CT molecular complexity index is 478. The molecule has 0 bridgehead atoms. The maximum absolute atomic E-state index is 11.1. The molecular weight excluding hydrogens is 248 g/mol. The Morgan fingerprint density at radius 3 is 2.85 bits per heavy atom. The molecule has 0 aromatic carbocycles. The number of carbonyl (C=O) groups is 1. The van der Waals surface area contributed by atoms with Gasteiger partial charge in [0.25, 0.3) is 0 Å². The molecule has 1 heterocycles. The van der Waals surface area contributed by atoms with Crippen molar-refractivity contribution < 1.29 is 4.79 Å². The number of pyridine rings is 1. The number of hydrogen-bond acceptors (Lipinski definition) is 2. The van der Waals surface area contributed by atoms with E-state index in [1.807, 2.05) is 6.07 Å².